The van der Waals surface area contributed by atoms with E-state index in [0.29, 0.717) is 24.5 Å². The minimum absolute atomic E-state index is 0.215. The van der Waals surface area contributed by atoms with Crippen molar-refractivity contribution in [1.82, 2.24) is 0 Å². The number of hydrogen-bond acceptors (Lipinski definition) is 2. The van der Waals surface area contributed by atoms with E-state index in [4.69, 9.17) is 5.73 Å². The molecule has 2 nitrogen and oxygen atoms in total. The molecule has 0 aliphatic heterocycles. The predicted octanol–water partition coefficient (Wildman–Crippen LogP) is 1.48. The van der Waals surface area contributed by atoms with Crippen LogP contribution in [0.5, 0.6) is 0 Å². The summed E-state index contributed by atoms with van der Waals surface area (Å²) >= 11 is 0. The van der Waals surface area contributed by atoms with Crippen LogP contribution in [0.15, 0.2) is 0 Å². The zero-order valence-electron chi connectivity index (χ0n) is 7.39. The molecular weight excluding hydrogens is 138 g/mol. The Balaban J connectivity index is 2.38. The Hall–Kier alpha value is -0.370. The molecule has 0 bridgehead atoms. The van der Waals surface area contributed by atoms with Crippen molar-refractivity contribution >= 4 is 5.78 Å². The van der Waals surface area contributed by atoms with Crippen LogP contribution in [0, 0.1) is 5.92 Å². The van der Waals surface area contributed by atoms with Gasteiger partial charge in [0, 0.05) is 18.4 Å². The average molecular weight is 155 g/mol. The summed E-state index contributed by atoms with van der Waals surface area (Å²) in [6, 6.07) is 0. The molecule has 1 aliphatic rings. The molecule has 2 heteroatoms. The monoisotopic (exact) mass is 155 g/mol. The van der Waals surface area contributed by atoms with Crippen LogP contribution in [-0.2, 0) is 4.79 Å². The minimum atomic E-state index is -0.215. The first-order chi connectivity index (χ1) is 5.06. The third-order valence-corrected chi connectivity index (χ3v) is 2.48. The van der Waals surface area contributed by atoms with Crippen LogP contribution in [0.1, 0.15) is 39.5 Å². The fourth-order valence-corrected chi connectivity index (χ4v) is 1.44. The third kappa shape index (κ3) is 2.29. The quantitative estimate of drug-likeness (QED) is 0.668. The summed E-state index contributed by atoms with van der Waals surface area (Å²) in [4.78, 5) is 11.1. The van der Waals surface area contributed by atoms with E-state index < -0.39 is 0 Å². The van der Waals surface area contributed by atoms with Crippen molar-refractivity contribution in [1.29, 1.82) is 0 Å². The molecule has 1 atom stereocenters. The Labute approximate surface area is 68.2 Å². The molecule has 0 amide bonds. The van der Waals surface area contributed by atoms with E-state index in [1.165, 1.54) is 12.8 Å². The number of ketones is 1. The van der Waals surface area contributed by atoms with Gasteiger partial charge in [0.05, 0.1) is 0 Å². The molecule has 1 rings (SSSR count). The highest BCUT2D eigenvalue weighted by atomic mass is 16.1. The Morgan fingerprint density at radius 3 is 2.55 bits per heavy atom. The second-order valence-corrected chi connectivity index (χ2v) is 3.85. The topological polar surface area (TPSA) is 43.1 Å². The van der Waals surface area contributed by atoms with Gasteiger partial charge in [0.15, 0.2) is 0 Å². The lowest BCUT2D eigenvalue weighted by atomic mass is 9.90. The van der Waals surface area contributed by atoms with Gasteiger partial charge in [-0.1, -0.05) is 6.92 Å². The first-order valence-electron chi connectivity index (χ1n) is 4.37. The second-order valence-electron chi connectivity index (χ2n) is 3.85. The van der Waals surface area contributed by atoms with E-state index in [2.05, 4.69) is 0 Å². The zero-order valence-corrected chi connectivity index (χ0v) is 7.39. The first-order valence-corrected chi connectivity index (χ1v) is 4.37. The summed E-state index contributed by atoms with van der Waals surface area (Å²) in [5.41, 5.74) is 5.76. The number of nitrogens with two attached hydrogens (primary N) is 1. The van der Waals surface area contributed by atoms with Crippen molar-refractivity contribution in [2.24, 2.45) is 11.7 Å². The molecule has 11 heavy (non-hydrogen) atoms. The van der Waals surface area contributed by atoms with Crippen LogP contribution >= 0.6 is 0 Å². The van der Waals surface area contributed by atoms with Crippen molar-refractivity contribution in [3.05, 3.63) is 0 Å². The molecule has 0 aromatic rings. The highest BCUT2D eigenvalue weighted by Crippen LogP contribution is 2.39. The molecule has 0 radical (unpaired) electrons. The van der Waals surface area contributed by atoms with Crippen molar-refractivity contribution in [3.8, 4) is 0 Å². The molecule has 64 valence electrons. The predicted molar refractivity (Wildman–Crippen MR) is 45.2 cm³/mol. The van der Waals surface area contributed by atoms with Gasteiger partial charge >= 0.3 is 0 Å². The third-order valence-electron chi connectivity index (χ3n) is 2.48. The lowest BCUT2D eigenvalue weighted by Crippen LogP contribution is -2.40. The number of Topliss-reactive ketones (excluding diaryl/α,β-unsaturated/α-hetero) is 1. The molecule has 0 aromatic carbocycles. The molecule has 2 N–H and O–H groups in total. The van der Waals surface area contributed by atoms with Gasteiger partial charge in [-0.3, -0.25) is 4.79 Å². The largest absolute Gasteiger partial charge is 0.325 e. The van der Waals surface area contributed by atoms with Crippen molar-refractivity contribution in [2.75, 3.05) is 0 Å². The summed E-state index contributed by atoms with van der Waals surface area (Å²) in [6.07, 6.45) is 3.61. The van der Waals surface area contributed by atoms with Crippen molar-refractivity contribution in [2.45, 2.75) is 45.1 Å². The van der Waals surface area contributed by atoms with Crippen molar-refractivity contribution < 1.29 is 4.79 Å². The van der Waals surface area contributed by atoms with Crippen molar-refractivity contribution in [3.63, 3.8) is 0 Å². The highest BCUT2D eigenvalue weighted by molar-refractivity contribution is 5.79. The number of carbonyl (C=O) groups is 1. The van der Waals surface area contributed by atoms with Gasteiger partial charge in [-0.25, -0.2) is 0 Å². The Morgan fingerprint density at radius 1 is 1.64 bits per heavy atom. The van der Waals surface area contributed by atoms with Gasteiger partial charge in [0.1, 0.15) is 5.78 Å². The second kappa shape index (κ2) is 2.94. The van der Waals surface area contributed by atoms with Gasteiger partial charge in [-0.05, 0) is 25.7 Å². The van der Waals surface area contributed by atoms with Crippen LogP contribution in [0.3, 0.4) is 0 Å². The Kier molecular flexibility index (Phi) is 2.33. The smallest absolute Gasteiger partial charge is 0.134 e. The first kappa shape index (κ1) is 8.72. The molecule has 0 spiro atoms. The van der Waals surface area contributed by atoms with Crippen LogP contribution in [0.2, 0.25) is 0 Å². The van der Waals surface area contributed by atoms with Gasteiger partial charge in [0.25, 0.3) is 0 Å². The molecule has 1 saturated carbocycles. The van der Waals surface area contributed by atoms with Crippen LogP contribution < -0.4 is 5.73 Å². The zero-order chi connectivity index (χ0) is 8.48. The molecule has 0 saturated heterocycles. The molecule has 1 aliphatic carbocycles. The average Bonchev–Trinajstić information content (AvgIpc) is 2.66. The molecular formula is C9H17NO. The lowest BCUT2D eigenvalue weighted by Gasteiger charge is -2.22. The van der Waals surface area contributed by atoms with Gasteiger partial charge in [-0.15, -0.1) is 0 Å². The Morgan fingerprint density at radius 2 is 2.18 bits per heavy atom. The highest BCUT2D eigenvalue weighted by Gasteiger charge is 2.39. The van der Waals surface area contributed by atoms with E-state index in [9.17, 15) is 4.79 Å². The van der Waals surface area contributed by atoms with E-state index in [0.717, 1.165) is 0 Å². The van der Waals surface area contributed by atoms with E-state index in [1.807, 2.05) is 13.8 Å². The van der Waals surface area contributed by atoms with Gasteiger partial charge in [-0.2, -0.15) is 0 Å². The Bertz CT molecular complexity index is 159. The summed E-state index contributed by atoms with van der Waals surface area (Å²) < 4.78 is 0. The molecule has 1 unspecified atom stereocenters. The summed E-state index contributed by atoms with van der Waals surface area (Å²) in [7, 11) is 0. The van der Waals surface area contributed by atoms with Crippen LogP contribution in [0.25, 0.3) is 0 Å². The normalized spacial score (nSPS) is 22.8. The number of rotatable bonds is 4. The minimum Gasteiger partial charge on any atom is -0.325 e. The maximum absolute atomic E-state index is 11.1. The fraction of sp³-hybridized carbons (Fsp3) is 0.889. The lowest BCUT2D eigenvalue weighted by molar-refractivity contribution is -0.119. The maximum Gasteiger partial charge on any atom is 0.134 e. The number of carbonyl (C=O) groups excluding carboxylic acids is 1. The van der Waals surface area contributed by atoms with Gasteiger partial charge in [0.2, 0.25) is 0 Å². The van der Waals surface area contributed by atoms with Crippen LogP contribution in [-0.4, -0.2) is 11.3 Å². The molecule has 0 aromatic heterocycles. The van der Waals surface area contributed by atoms with E-state index in [-0.39, 0.29) is 5.54 Å². The van der Waals surface area contributed by atoms with E-state index >= 15 is 0 Å². The summed E-state index contributed by atoms with van der Waals surface area (Å²) in [5, 5.41) is 0. The SMILES string of the molecule is CCC(=O)CC(C)(N)C1CC1. The standard InChI is InChI=1S/C9H17NO/c1-3-8(11)6-9(2,10)7-4-5-7/h7H,3-6,10H2,1-2H3. The number of hydrogen-bond donors (Lipinski definition) is 1. The van der Waals surface area contributed by atoms with Gasteiger partial charge < -0.3 is 5.73 Å². The summed E-state index contributed by atoms with van der Waals surface area (Å²) in [5.74, 6) is 0.903. The summed E-state index contributed by atoms with van der Waals surface area (Å²) in [6.45, 7) is 3.89. The van der Waals surface area contributed by atoms with Crippen LogP contribution in [0.4, 0.5) is 0 Å². The maximum atomic E-state index is 11.1. The fourth-order valence-electron chi connectivity index (χ4n) is 1.44. The molecule has 0 heterocycles. The molecule has 1 fully saturated rings. The van der Waals surface area contributed by atoms with E-state index in [1.54, 1.807) is 0 Å².